The van der Waals surface area contributed by atoms with Crippen LogP contribution >= 0.6 is 0 Å². The molecule has 166 valence electrons. The summed E-state index contributed by atoms with van der Waals surface area (Å²) in [6, 6.07) is 18.7. The van der Waals surface area contributed by atoms with Crippen LogP contribution in [0.5, 0.6) is 5.75 Å². The number of rotatable bonds is 5. The van der Waals surface area contributed by atoms with E-state index in [1.807, 2.05) is 13.0 Å². The van der Waals surface area contributed by atoms with Gasteiger partial charge in [-0.15, -0.1) is 0 Å². The van der Waals surface area contributed by atoms with E-state index in [1.165, 1.54) is 24.3 Å². The highest BCUT2D eigenvalue weighted by molar-refractivity contribution is 5.99. The molecule has 0 radical (unpaired) electrons. The lowest BCUT2D eigenvalue weighted by Gasteiger charge is -2.10. The number of nitrogens with one attached hydrogen (secondary N) is 2. The van der Waals surface area contributed by atoms with Gasteiger partial charge in [0, 0.05) is 23.1 Å². The van der Waals surface area contributed by atoms with Crippen molar-refractivity contribution in [1.82, 2.24) is 10.9 Å². The van der Waals surface area contributed by atoms with E-state index in [4.69, 9.17) is 9.15 Å². The predicted octanol–water partition coefficient (Wildman–Crippen LogP) is 3.89. The Morgan fingerprint density at radius 3 is 2.42 bits per heavy atom. The Labute approximate surface area is 187 Å². The van der Waals surface area contributed by atoms with Crippen molar-refractivity contribution in [2.75, 3.05) is 0 Å². The third-order valence-electron chi connectivity index (χ3n) is 4.95. The fourth-order valence-corrected chi connectivity index (χ4v) is 3.21. The standard InChI is InChI=1S/C25H19FN2O5/c1-15-12-23(29)33-22-13-18(10-11-19(15)22)32-14-16-6-8-17(9-7-16)24(30)27-28-25(31)20-4-2-3-5-21(20)26/h2-13H,14H2,1H3,(H,27,30)(H,28,31). The highest BCUT2D eigenvalue weighted by Gasteiger charge is 2.12. The zero-order valence-electron chi connectivity index (χ0n) is 17.6. The van der Waals surface area contributed by atoms with Crippen molar-refractivity contribution in [3.8, 4) is 5.75 Å². The van der Waals surface area contributed by atoms with Crippen molar-refractivity contribution >= 4 is 22.8 Å². The van der Waals surface area contributed by atoms with Gasteiger partial charge in [-0.1, -0.05) is 24.3 Å². The Morgan fingerprint density at radius 2 is 1.67 bits per heavy atom. The number of hydrogen-bond donors (Lipinski definition) is 2. The van der Waals surface area contributed by atoms with Crippen LogP contribution in [0.3, 0.4) is 0 Å². The van der Waals surface area contributed by atoms with Crippen LogP contribution in [0.4, 0.5) is 4.39 Å². The Balaban J connectivity index is 1.35. The van der Waals surface area contributed by atoms with E-state index in [2.05, 4.69) is 10.9 Å². The molecule has 0 unspecified atom stereocenters. The minimum Gasteiger partial charge on any atom is -0.489 e. The molecule has 2 N–H and O–H groups in total. The normalized spacial score (nSPS) is 10.6. The number of hydrazine groups is 1. The lowest BCUT2D eigenvalue weighted by atomic mass is 10.1. The van der Waals surface area contributed by atoms with E-state index in [1.54, 1.807) is 36.4 Å². The van der Waals surface area contributed by atoms with Crippen LogP contribution in [-0.4, -0.2) is 11.8 Å². The van der Waals surface area contributed by atoms with Gasteiger partial charge in [0.25, 0.3) is 11.8 Å². The number of halogens is 1. The molecule has 0 aliphatic carbocycles. The molecule has 3 aromatic carbocycles. The van der Waals surface area contributed by atoms with Gasteiger partial charge in [0.1, 0.15) is 23.8 Å². The van der Waals surface area contributed by atoms with Gasteiger partial charge in [-0.2, -0.15) is 0 Å². The first-order valence-corrected chi connectivity index (χ1v) is 10.0. The van der Waals surface area contributed by atoms with Crippen molar-refractivity contribution in [3.05, 3.63) is 111 Å². The van der Waals surface area contributed by atoms with Gasteiger partial charge in [-0.25, -0.2) is 9.18 Å². The zero-order chi connectivity index (χ0) is 23.4. The van der Waals surface area contributed by atoms with E-state index in [0.29, 0.717) is 16.9 Å². The molecule has 0 spiro atoms. The van der Waals surface area contributed by atoms with Crippen molar-refractivity contribution in [3.63, 3.8) is 0 Å². The molecular formula is C25H19FN2O5. The van der Waals surface area contributed by atoms with E-state index in [-0.39, 0.29) is 12.2 Å². The van der Waals surface area contributed by atoms with Gasteiger partial charge in [-0.3, -0.25) is 20.4 Å². The molecule has 0 aliphatic heterocycles. The van der Waals surface area contributed by atoms with Crippen LogP contribution in [0.25, 0.3) is 11.0 Å². The third kappa shape index (κ3) is 5.07. The SMILES string of the molecule is Cc1cc(=O)oc2cc(OCc3ccc(C(=O)NNC(=O)c4ccccc4F)cc3)ccc12. The number of hydrogen-bond acceptors (Lipinski definition) is 5. The van der Waals surface area contributed by atoms with Crippen LogP contribution in [0.15, 0.2) is 82.0 Å². The van der Waals surface area contributed by atoms with Crippen molar-refractivity contribution in [2.24, 2.45) is 0 Å². The molecule has 4 rings (SSSR count). The van der Waals surface area contributed by atoms with Crippen molar-refractivity contribution in [2.45, 2.75) is 13.5 Å². The Hall–Kier alpha value is -4.46. The number of fused-ring (bicyclic) bond motifs is 1. The second-order valence-electron chi connectivity index (χ2n) is 7.28. The molecule has 0 aliphatic rings. The summed E-state index contributed by atoms with van der Waals surface area (Å²) in [5.74, 6) is -1.45. The summed E-state index contributed by atoms with van der Waals surface area (Å²) in [6.07, 6.45) is 0. The quantitative estimate of drug-likeness (QED) is 0.358. The average molecular weight is 446 g/mol. The highest BCUT2D eigenvalue weighted by atomic mass is 19.1. The molecule has 0 saturated carbocycles. The summed E-state index contributed by atoms with van der Waals surface area (Å²) in [6.45, 7) is 2.07. The van der Waals surface area contributed by atoms with Crippen LogP contribution in [0.2, 0.25) is 0 Å². The smallest absolute Gasteiger partial charge is 0.336 e. The summed E-state index contributed by atoms with van der Waals surface area (Å²) in [7, 11) is 0. The van der Waals surface area contributed by atoms with Crippen LogP contribution in [-0.2, 0) is 6.61 Å². The van der Waals surface area contributed by atoms with E-state index in [0.717, 1.165) is 22.6 Å². The second kappa shape index (κ2) is 9.35. The molecule has 0 atom stereocenters. The first kappa shape index (κ1) is 21.8. The molecule has 0 bridgehead atoms. The van der Waals surface area contributed by atoms with Gasteiger partial charge < -0.3 is 9.15 Å². The maximum absolute atomic E-state index is 13.6. The first-order valence-electron chi connectivity index (χ1n) is 10.0. The molecule has 1 heterocycles. The number of aryl methyl sites for hydroxylation is 1. The summed E-state index contributed by atoms with van der Waals surface area (Å²) in [5, 5.41) is 0.833. The molecular weight excluding hydrogens is 427 g/mol. The second-order valence-corrected chi connectivity index (χ2v) is 7.28. The predicted molar refractivity (Wildman–Crippen MR) is 119 cm³/mol. The molecule has 2 amide bonds. The Bertz CT molecular complexity index is 1400. The average Bonchev–Trinajstić information content (AvgIpc) is 2.81. The number of carbonyl (C=O) groups is 2. The number of carbonyl (C=O) groups excluding carboxylic acids is 2. The number of ether oxygens (including phenoxy) is 1. The topological polar surface area (TPSA) is 97.6 Å². The molecule has 8 heteroatoms. The number of amides is 2. The third-order valence-corrected chi connectivity index (χ3v) is 4.95. The van der Waals surface area contributed by atoms with Gasteiger partial charge in [0.15, 0.2) is 0 Å². The summed E-state index contributed by atoms with van der Waals surface area (Å²) in [5.41, 5.74) is 6.22. The fourth-order valence-electron chi connectivity index (χ4n) is 3.21. The Morgan fingerprint density at radius 1 is 0.939 bits per heavy atom. The van der Waals surface area contributed by atoms with Gasteiger partial charge >= 0.3 is 5.63 Å². The van der Waals surface area contributed by atoms with Crippen molar-refractivity contribution in [1.29, 1.82) is 0 Å². The first-order chi connectivity index (χ1) is 15.9. The lowest BCUT2D eigenvalue weighted by molar-refractivity contribution is 0.0844. The van der Waals surface area contributed by atoms with E-state index < -0.39 is 23.3 Å². The minimum atomic E-state index is -0.757. The zero-order valence-corrected chi connectivity index (χ0v) is 17.6. The minimum absolute atomic E-state index is 0.173. The van der Waals surface area contributed by atoms with Crippen LogP contribution < -0.4 is 21.2 Å². The maximum atomic E-state index is 13.6. The maximum Gasteiger partial charge on any atom is 0.336 e. The molecule has 33 heavy (non-hydrogen) atoms. The van der Waals surface area contributed by atoms with Crippen molar-refractivity contribution < 1.29 is 23.1 Å². The Kier molecular flexibility index (Phi) is 6.17. The van der Waals surface area contributed by atoms with Gasteiger partial charge in [-0.05, 0) is 54.4 Å². The van der Waals surface area contributed by atoms with Gasteiger partial charge in [0.05, 0.1) is 5.56 Å². The summed E-state index contributed by atoms with van der Waals surface area (Å²) < 4.78 is 24.6. The number of benzene rings is 3. The van der Waals surface area contributed by atoms with Crippen LogP contribution in [0.1, 0.15) is 31.8 Å². The molecule has 1 aromatic heterocycles. The van der Waals surface area contributed by atoms with E-state index in [9.17, 15) is 18.8 Å². The van der Waals surface area contributed by atoms with E-state index >= 15 is 0 Å². The highest BCUT2D eigenvalue weighted by Crippen LogP contribution is 2.23. The summed E-state index contributed by atoms with van der Waals surface area (Å²) >= 11 is 0. The van der Waals surface area contributed by atoms with Gasteiger partial charge in [0.2, 0.25) is 0 Å². The molecule has 7 nitrogen and oxygen atoms in total. The molecule has 0 saturated heterocycles. The monoisotopic (exact) mass is 446 g/mol. The summed E-state index contributed by atoms with van der Waals surface area (Å²) in [4.78, 5) is 35.8. The largest absolute Gasteiger partial charge is 0.489 e. The fraction of sp³-hybridized carbons (Fsp3) is 0.0800. The van der Waals surface area contributed by atoms with Crippen LogP contribution in [0, 0.1) is 12.7 Å². The molecule has 4 aromatic rings. The molecule has 0 fully saturated rings. The lowest BCUT2D eigenvalue weighted by Crippen LogP contribution is -2.41.